The van der Waals surface area contributed by atoms with E-state index in [9.17, 15) is 5.11 Å². The van der Waals surface area contributed by atoms with Gasteiger partial charge in [-0.1, -0.05) is 24.3 Å². The second kappa shape index (κ2) is 7.56. The molecule has 1 aliphatic rings. The van der Waals surface area contributed by atoms with Crippen LogP contribution in [0.3, 0.4) is 0 Å². The van der Waals surface area contributed by atoms with E-state index in [0.29, 0.717) is 22.6 Å². The van der Waals surface area contributed by atoms with Gasteiger partial charge in [0.25, 0.3) is 0 Å². The fourth-order valence-electron chi connectivity index (χ4n) is 4.86. The number of nitrogens with one attached hydrogen (secondary N) is 2. The standard InChI is InChI=1S/C26H26F2N4O/c1-14-13-30-23-15(14)8-7-9-16(23)20-17(27)12-18-21(22(20)28)24(25(33)26(2,3)31-18)32(4)19-10-5-6-11-29-19/h5-13,24-25,30-31,33H,1-4H3/t24-,25+/m0/s1. The molecule has 7 heteroatoms. The first-order valence-corrected chi connectivity index (χ1v) is 10.9. The van der Waals surface area contributed by atoms with E-state index < -0.39 is 29.3 Å². The normalized spacial score (nSPS) is 19.2. The van der Waals surface area contributed by atoms with Gasteiger partial charge in [0, 0.05) is 41.6 Å². The molecule has 0 unspecified atom stereocenters. The topological polar surface area (TPSA) is 64.2 Å². The van der Waals surface area contributed by atoms with Crippen LogP contribution in [0.25, 0.3) is 22.0 Å². The van der Waals surface area contributed by atoms with E-state index in [1.807, 2.05) is 39.1 Å². The highest BCUT2D eigenvalue weighted by atomic mass is 19.1. The number of hydrogen-bond donors (Lipinski definition) is 3. The molecular weight excluding hydrogens is 422 g/mol. The summed E-state index contributed by atoms with van der Waals surface area (Å²) < 4.78 is 31.8. The Morgan fingerprint density at radius 3 is 2.64 bits per heavy atom. The van der Waals surface area contributed by atoms with Gasteiger partial charge >= 0.3 is 0 Å². The van der Waals surface area contributed by atoms with Crippen LogP contribution in [0.15, 0.2) is 54.9 Å². The van der Waals surface area contributed by atoms with Gasteiger partial charge in [-0.2, -0.15) is 0 Å². The number of pyridine rings is 1. The number of aliphatic hydroxyl groups is 1. The fraction of sp³-hybridized carbons (Fsp3) is 0.269. The van der Waals surface area contributed by atoms with Gasteiger partial charge in [0.05, 0.1) is 22.7 Å². The van der Waals surface area contributed by atoms with Gasteiger partial charge in [0.2, 0.25) is 0 Å². The van der Waals surface area contributed by atoms with Gasteiger partial charge in [-0.05, 0) is 44.5 Å². The molecule has 33 heavy (non-hydrogen) atoms. The SMILES string of the molecule is Cc1c[nH]c2c(-c3c(F)cc4c(c3F)[C@H](N(C)c3ccccn3)[C@@H](O)C(C)(C)N4)cccc12. The first kappa shape index (κ1) is 21.4. The van der Waals surface area contributed by atoms with Crippen LogP contribution in [0.2, 0.25) is 0 Å². The predicted molar refractivity (Wildman–Crippen MR) is 127 cm³/mol. The van der Waals surface area contributed by atoms with Crippen LogP contribution >= 0.6 is 0 Å². The number of likely N-dealkylation sites (N-methyl/N-ethyl adjacent to an activating group) is 1. The quantitative estimate of drug-likeness (QED) is 0.384. The molecule has 0 bridgehead atoms. The minimum atomic E-state index is -0.992. The van der Waals surface area contributed by atoms with Crippen LogP contribution in [0.5, 0.6) is 0 Å². The predicted octanol–water partition coefficient (Wildman–Crippen LogP) is 5.56. The molecule has 4 aromatic rings. The summed E-state index contributed by atoms with van der Waals surface area (Å²) in [5.41, 5.74) is 1.71. The maximum Gasteiger partial charge on any atom is 0.141 e. The minimum Gasteiger partial charge on any atom is -0.388 e. The zero-order valence-corrected chi connectivity index (χ0v) is 18.9. The second-order valence-corrected chi connectivity index (χ2v) is 9.24. The summed E-state index contributed by atoms with van der Waals surface area (Å²) in [6.07, 6.45) is 2.48. The molecule has 0 spiro atoms. The van der Waals surface area contributed by atoms with E-state index in [0.717, 1.165) is 10.9 Å². The Balaban J connectivity index is 1.77. The fourth-order valence-corrected chi connectivity index (χ4v) is 4.86. The molecule has 2 aromatic heterocycles. The highest BCUT2D eigenvalue weighted by Crippen LogP contribution is 2.46. The average molecular weight is 449 g/mol. The summed E-state index contributed by atoms with van der Waals surface area (Å²) in [5, 5.41) is 15.4. The molecule has 1 aliphatic heterocycles. The van der Waals surface area contributed by atoms with Crippen molar-refractivity contribution in [3.05, 3.63) is 77.6 Å². The van der Waals surface area contributed by atoms with E-state index in [-0.39, 0.29) is 11.1 Å². The number of rotatable bonds is 3. The van der Waals surface area contributed by atoms with E-state index in [1.165, 1.54) is 6.07 Å². The lowest BCUT2D eigenvalue weighted by atomic mass is 9.80. The van der Waals surface area contributed by atoms with Crippen LogP contribution in [-0.2, 0) is 0 Å². The monoisotopic (exact) mass is 448 g/mol. The smallest absolute Gasteiger partial charge is 0.141 e. The van der Waals surface area contributed by atoms with E-state index in [4.69, 9.17) is 0 Å². The van der Waals surface area contributed by atoms with E-state index in [2.05, 4.69) is 15.3 Å². The summed E-state index contributed by atoms with van der Waals surface area (Å²) in [4.78, 5) is 9.27. The number of H-pyrrole nitrogens is 1. The number of anilines is 2. The van der Waals surface area contributed by atoms with Gasteiger partial charge in [0.15, 0.2) is 0 Å². The van der Waals surface area contributed by atoms with Gasteiger partial charge in [-0.25, -0.2) is 13.8 Å². The van der Waals surface area contributed by atoms with Crippen LogP contribution in [-0.4, -0.2) is 33.8 Å². The maximum absolute atomic E-state index is 16.3. The van der Waals surface area contributed by atoms with Gasteiger partial charge in [-0.15, -0.1) is 0 Å². The van der Waals surface area contributed by atoms with Crippen molar-refractivity contribution in [1.82, 2.24) is 9.97 Å². The summed E-state index contributed by atoms with van der Waals surface area (Å²) in [7, 11) is 1.76. The maximum atomic E-state index is 16.3. The van der Waals surface area contributed by atoms with Crippen molar-refractivity contribution in [2.24, 2.45) is 0 Å². The zero-order valence-electron chi connectivity index (χ0n) is 18.9. The Labute approximate surface area is 191 Å². The van der Waals surface area contributed by atoms with Crippen molar-refractivity contribution in [2.45, 2.75) is 38.5 Å². The number of aromatic nitrogens is 2. The molecule has 0 fully saturated rings. The summed E-state index contributed by atoms with van der Waals surface area (Å²) in [6, 6.07) is 11.4. The first-order chi connectivity index (χ1) is 15.7. The highest BCUT2D eigenvalue weighted by molar-refractivity contribution is 5.96. The first-order valence-electron chi connectivity index (χ1n) is 10.9. The lowest BCUT2D eigenvalue weighted by Gasteiger charge is -2.47. The third-order valence-electron chi connectivity index (χ3n) is 6.67. The molecule has 5 rings (SSSR count). The number of aliphatic hydroxyl groups excluding tert-OH is 1. The number of nitrogens with zero attached hydrogens (tertiary/aromatic N) is 2. The molecular formula is C26H26F2N4O. The van der Waals surface area contributed by atoms with Crippen molar-refractivity contribution in [3.8, 4) is 11.1 Å². The number of aryl methyl sites for hydroxylation is 1. The summed E-state index contributed by atoms with van der Waals surface area (Å²) in [6.45, 7) is 5.57. The largest absolute Gasteiger partial charge is 0.388 e. The molecule has 2 atom stereocenters. The van der Waals surface area contributed by atoms with Gasteiger partial charge in [-0.3, -0.25) is 0 Å². The van der Waals surface area contributed by atoms with Crippen molar-refractivity contribution in [2.75, 3.05) is 17.3 Å². The number of halogens is 2. The summed E-state index contributed by atoms with van der Waals surface area (Å²) in [5.74, 6) is -0.776. The molecule has 0 radical (unpaired) electrons. The van der Waals surface area contributed by atoms with E-state index >= 15 is 8.78 Å². The Bertz CT molecular complexity index is 1350. The Hall–Kier alpha value is -3.45. The number of fused-ring (bicyclic) bond motifs is 2. The molecule has 5 nitrogen and oxygen atoms in total. The lowest BCUT2D eigenvalue weighted by molar-refractivity contribution is 0.0794. The van der Waals surface area contributed by atoms with Crippen molar-refractivity contribution in [1.29, 1.82) is 0 Å². The highest BCUT2D eigenvalue weighted by Gasteiger charge is 2.45. The Kier molecular flexibility index (Phi) is 4.90. The zero-order chi connectivity index (χ0) is 23.5. The number of para-hydroxylation sites is 1. The molecule has 0 saturated heterocycles. The van der Waals surface area contributed by atoms with Crippen LogP contribution in [0, 0.1) is 18.6 Å². The molecule has 0 saturated carbocycles. The third-order valence-corrected chi connectivity index (χ3v) is 6.67. The molecule has 0 amide bonds. The van der Waals surface area contributed by atoms with E-state index in [1.54, 1.807) is 42.4 Å². The van der Waals surface area contributed by atoms with Crippen molar-refractivity contribution >= 4 is 22.4 Å². The Morgan fingerprint density at radius 2 is 1.91 bits per heavy atom. The number of benzene rings is 2. The number of aromatic amines is 1. The van der Waals surface area contributed by atoms with Crippen molar-refractivity contribution < 1.29 is 13.9 Å². The van der Waals surface area contributed by atoms with Gasteiger partial charge < -0.3 is 20.3 Å². The van der Waals surface area contributed by atoms with Crippen LogP contribution in [0.4, 0.5) is 20.3 Å². The molecule has 3 heterocycles. The Morgan fingerprint density at radius 1 is 1.12 bits per heavy atom. The second-order valence-electron chi connectivity index (χ2n) is 9.24. The summed E-state index contributed by atoms with van der Waals surface area (Å²) >= 11 is 0. The minimum absolute atomic E-state index is 0.116. The van der Waals surface area contributed by atoms with Crippen molar-refractivity contribution in [3.63, 3.8) is 0 Å². The lowest BCUT2D eigenvalue weighted by Crippen LogP contribution is -2.54. The molecule has 170 valence electrons. The van der Waals surface area contributed by atoms with Crippen LogP contribution in [0.1, 0.15) is 31.0 Å². The number of hydrogen-bond acceptors (Lipinski definition) is 4. The van der Waals surface area contributed by atoms with Crippen LogP contribution < -0.4 is 10.2 Å². The average Bonchev–Trinajstić information content (AvgIpc) is 3.17. The van der Waals surface area contributed by atoms with Gasteiger partial charge in [0.1, 0.15) is 23.6 Å². The molecule has 3 N–H and O–H groups in total. The molecule has 2 aromatic carbocycles. The third kappa shape index (κ3) is 3.26. The molecule has 0 aliphatic carbocycles.